The Balaban J connectivity index is 1.98. The van der Waals surface area contributed by atoms with Crippen LogP contribution in [0.4, 0.5) is 0 Å². The number of nitrogens with zero attached hydrogens (tertiary/aromatic N) is 4. The number of benzene rings is 2. The second-order valence-corrected chi connectivity index (χ2v) is 7.19. The SMILES string of the molecule is CCn1c(=O)c2c(ncn2Cc2cccc(Cl)c2)n(-c2ccc(Cl)cc2)c1=O. The van der Waals surface area contributed by atoms with E-state index in [1.54, 1.807) is 48.1 Å². The third kappa shape index (κ3) is 3.15. The molecule has 0 radical (unpaired) electrons. The molecule has 6 nitrogen and oxygen atoms in total. The lowest BCUT2D eigenvalue weighted by Gasteiger charge is -2.12. The quantitative estimate of drug-likeness (QED) is 0.511. The summed E-state index contributed by atoms with van der Waals surface area (Å²) in [4.78, 5) is 30.3. The smallest absolute Gasteiger partial charge is 0.320 e. The summed E-state index contributed by atoms with van der Waals surface area (Å²) >= 11 is 12.0. The first-order valence-electron chi connectivity index (χ1n) is 8.70. The Kier molecular flexibility index (Phi) is 4.83. The van der Waals surface area contributed by atoms with Gasteiger partial charge in [0.15, 0.2) is 11.2 Å². The number of hydrogen-bond donors (Lipinski definition) is 0. The average Bonchev–Trinajstić information content (AvgIpc) is 3.07. The first kappa shape index (κ1) is 18.5. The van der Waals surface area contributed by atoms with Crippen molar-refractivity contribution in [1.29, 1.82) is 0 Å². The van der Waals surface area contributed by atoms with E-state index in [9.17, 15) is 9.59 Å². The third-order valence-electron chi connectivity index (χ3n) is 4.54. The number of aromatic nitrogens is 4. The van der Waals surface area contributed by atoms with Crippen LogP contribution in [0, 0.1) is 0 Å². The molecule has 142 valence electrons. The van der Waals surface area contributed by atoms with Crippen LogP contribution in [0.15, 0.2) is 64.4 Å². The van der Waals surface area contributed by atoms with Gasteiger partial charge >= 0.3 is 5.69 Å². The summed E-state index contributed by atoms with van der Waals surface area (Å²) in [7, 11) is 0. The zero-order chi connectivity index (χ0) is 19.8. The molecular formula is C20H16Cl2N4O2. The summed E-state index contributed by atoms with van der Waals surface area (Å²) in [5.41, 5.74) is 1.39. The van der Waals surface area contributed by atoms with Gasteiger partial charge in [-0.15, -0.1) is 0 Å². The van der Waals surface area contributed by atoms with Gasteiger partial charge in [-0.3, -0.25) is 9.36 Å². The Morgan fingerprint density at radius 2 is 1.75 bits per heavy atom. The molecule has 0 amide bonds. The van der Waals surface area contributed by atoms with Crippen molar-refractivity contribution >= 4 is 34.4 Å². The zero-order valence-corrected chi connectivity index (χ0v) is 16.5. The van der Waals surface area contributed by atoms with Gasteiger partial charge in [0, 0.05) is 23.1 Å². The van der Waals surface area contributed by atoms with E-state index < -0.39 is 5.69 Å². The van der Waals surface area contributed by atoms with Gasteiger partial charge < -0.3 is 4.57 Å². The summed E-state index contributed by atoms with van der Waals surface area (Å²) in [5.74, 6) is 0. The van der Waals surface area contributed by atoms with Crippen LogP contribution in [0.5, 0.6) is 0 Å². The van der Waals surface area contributed by atoms with Crippen LogP contribution in [-0.4, -0.2) is 18.7 Å². The Hall–Kier alpha value is -2.83. The molecule has 0 fully saturated rings. The molecule has 2 heterocycles. The van der Waals surface area contributed by atoms with E-state index >= 15 is 0 Å². The van der Waals surface area contributed by atoms with Crippen LogP contribution in [-0.2, 0) is 13.1 Å². The highest BCUT2D eigenvalue weighted by atomic mass is 35.5. The molecular weight excluding hydrogens is 399 g/mol. The van der Waals surface area contributed by atoms with Crippen molar-refractivity contribution in [3.05, 3.63) is 91.3 Å². The molecule has 2 aromatic carbocycles. The number of imidazole rings is 1. The molecule has 0 atom stereocenters. The molecule has 0 saturated heterocycles. The Bertz CT molecular complexity index is 1290. The summed E-state index contributed by atoms with van der Waals surface area (Å²) in [5, 5.41) is 1.18. The van der Waals surface area contributed by atoms with E-state index in [-0.39, 0.29) is 12.1 Å². The predicted octanol–water partition coefficient (Wildman–Crippen LogP) is 3.72. The van der Waals surface area contributed by atoms with Gasteiger partial charge in [-0.05, 0) is 48.9 Å². The van der Waals surface area contributed by atoms with Crippen LogP contribution in [0.1, 0.15) is 12.5 Å². The molecule has 0 spiro atoms. The highest BCUT2D eigenvalue weighted by Crippen LogP contribution is 2.18. The maximum absolute atomic E-state index is 13.0. The molecule has 4 rings (SSSR count). The van der Waals surface area contributed by atoms with Gasteiger partial charge in [0.2, 0.25) is 0 Å². The monoisotopic (exact) mass is 414 g/mol. The van der Waals surface area contributed by atoms with Crippen LogP contribution in [0.3, 0.4) is 0 Å². The first-order valence-corrected chi connectivity index (χ1v) is 9.46. The lowest BCUT2D eigenvalue weighted by atomic mass is 10.2. The normalized spacial score (nSPS) is 11.2. The number of rotatable bonds is 4. The minimum Gasteiger partial charge on any atom is -0.320 e. The van der Waals surface area contributed by atoms with Gasteiger partial charge in [-0.1, -0.05) is 35.3 Å². The topological polar surface area (TPSA) is 61.8 Å². The molecule has 0 N–H and O–H groups in total. The van der Waals surface area contributed by atoms with E-state index in [2.05, 4.69) is 4.98 Å². The molecule has 2 aromatic heterocycles. The summed E-state index contributed by atoms with van der Waals surface area (Å²) in [6, 6.07) is 14.2. The third-order valence-corrected chi connectivity index (χ3v) is 5.03. The molecule has 0 aliphatic heterocycles. The fourth-order valence-electron chi connectivity index (χ4n) is 3.23. The first-order chi connectivity index (χ1) is 13.5. The van der Waals surface area contributed by atoms with Gasteiger partial charge in [-0.2, -0.15) is 0 Å². The highest BCUT2D eigenvalue weighted by molar-refractivity contribution is 6.30. The number of hydrogen-bond acceptors (Lipinski definition) is 3. The summed E-state index contributed by atoms with van der Waals surface area (Å²) in [6.07, 6.45) is 1.57. The molecule has 4 aromatic rings. The van der Waals surface area contributed by atoms with E-state index in [4.69, 9.17) is 23.2 Å². The van der Waals surface area contributed by atoms with Crippen molar-refractivity contribution in [3.8, 4) is 5.69 Å². The van der Waals surface area contributed by atoms with Crippen molar-refractivity contribution < 1.29 is 0 Å². The maximum atomic E-state index is 13.0. The summed E-state index contributed by atoms with van der Waals surface area (Å²) < 4.78 is 4.37. The molecule has 8 heteroatoms. The number of halogens is 2. The molecule has 0 bridgehead atoms. The summed E-state index contributed by atoms with van der Waals surface area (Å²) in [6.45, 7) is 2.43. The van der Waals surface area contributed by atoms with Gasteiger partial charge in [-0.25, -0.2) is 14.3 Å². The molecule has 0 unspecified atom stereocenters. The highest BCUT2D eigenvalue weighted by Gasteiger charge is 2.18. The van der Waals surface area contributed by atoms with E-state index in [0.29, 0.717) is 33.4 Å². The van der Waals surface area contributed by atoms with Crippen molar-refractivity contribution in [2.45, 2.75) is 20.0 Å². The van der Waals surface area contributed by atoms with Crippen molar-refractivity contribution in [1.82, 2.24) is 18.7 Å². The second-order valence-electron chi connectivity index (χ2n) is 6.32. The standard InChI is InChI=1S/C20H16Cl2N4O2/c1-2-25-19(27)17-18(26(20(25)28)16-8-6-14(21)7-9-16)23-12-24(17)11-13-4-3-5-15(22)10-13/h3-10,12H,2,11H2,1H3. The van der Waals surface area contributed by atoms with E-state index in [0.717, 1.165) is 5.56 Å². The van der Waals surface area contributed by atoms with Crippen LogP contribution in [0.25, 0.3) is 16.9 Å². The van der Waals surface area contributed by atoms with Gasteiger partial charge in [0.05, 0.1) is 12.0 Å². The minimum atomic E-state index is -0.435. The predicted molar refractivity (Wildman–Crippen MR) is 111 cm³/mol. The van der Waals surface area contributed by atoms with Gasteiger partial charge in [0.1, 0.15) is 0 Å². The lowest BCUT2D eigenvalue weighted by Crippen LogP contribution is -2.39. The fourth-order valence-corrected chi connectivity index (χ4v) is 3.57. The number of fused-ring (bicyclic) bond motifs is 1. The zero-order valence-electron chi connectivity index (χ0n) is 15.0. The Morgan fingerprint density at radius 1 is 1.00 bits per heavy atom. The average molecular weight is 415 g/mol. The van der Waals surface area contributed by atoms with Crippen molar-refractivity contribution in [3.63, 3.8) is 0 Å². The van der Waals surface area contributed by atoms with E-state index in [1.165, 1.54) is 9.13 Å². The molecule has 28 heavy (non-hydrogen) atoms. The Morgan fingerprint density at radius 3 is 2.43 bits per heavy atom. The lowest BCUT2D eigenvalue weighted by molar-refractivity contribution is 0.655. The molecule has 0 saturated carbocycles. The van der Waals surface area contributed by atoms with E-state index in [1.807, 2.05) is 18.2 Å². The largest absolute Gasteiger partial charge is 0.337 e. The molecule has 0 aliphatic rings. The van der Waals surface area contributed by atoms with Crippen molar-refractivity contribution in [2.24, 2.45) is 0 Å². The van der Waals surface area contributed by atoms with Crippen LogP contribution >= 0.6 is 23.2 Å². The maximum Gasteiger partial charge on any atom is 0.337 e. The Labute approximate surface area is 170 Å². The van der Waals surface area contributed by atoms with Crippen molar-refractivity contribution in [2.75, 3.05) is 0 Å². The van der Waals surface area contributed by atoms with Crippen LogP contribution in [0.2, 0.25) is 10.0 Å². The second kappa shape index (κ2) is 7.30. The fraction of sp³-hybridized carbons (Fsp3) is 0.150. The van der Waals surface area contributed by atoms with Crippen LogP contribution < -0.4 is 11.2 Å². The molecule has 0 aliphatic carbocycles. The minimum absolute atomic E-state index is 0.254. The van der Waals surface area contributed by atoms with Gasteiger partial charge in [0.25, 0.3) is 5.56 Å².